The normalized spacial score (nSPS) is 24.8. The van der Waals surface area contributed by atoms with Gasteiger partial charge in [0.25, 0.3) is 0 Å². The lowest BCUT2D eigenvalue weighted by Crippen LogP contribution is -2.39. The highest BCUT2D eigenvalue weighted by Crippen LogP contribution is 2.51. The van der Waals surface area contributed by atoms with E-state index in [1.54, 1.807) is 6.07 Å². The number of fused-ring (bicyclic) bond motifs is 1. The summed E-state index contributed by atoms with van der Waals surface area (Å²) >= 11 is 6.30. The molecule has 1 unspecified atom stereocenters. The van der Waals surface area contributed by atoms with E-state index in [1.165, 1.54) is 10.9 Å². The van der Waals surface area contributed by atoms with Gasteiger partial charge in [-0.15, -0.1) is 0 Å². The number of rotatable bonds is 9. The van der Waals surface area contributed by atoms with Crippen molar-refractivity contribution in [1.29, 1.82) is 0 Å². The highest BCUT2D eigenvalue weighted by atomic mass is 35.5. The maximum atomic E-state index is 11.7. The van der Waals surface area contributed by atoms with Crippen LogP contribution in [0.3, 0.4) is 0 Å². The monoisotopic (exact) mass is 556 g/mol. The molecule has 3 heterocycles. The highest BCUT2D eigenvalue weighted by molar-refractivity contribution is 7.53. The molecule has 1 aliphatic rings. The lowest BCUT2D eigenvalue weighted by Gasteiger charge is -2.29. The number of ether oxygens (including phenoxy) is 2. The molecule has 1 aliphatic heterocycles. The second kappa shape index (κ2) is 10.6. The molecule has 0 saturated carbocycles. The number of aliphatic hydroxyl groups excluding tert-OH is 3. The Labute approximate surface area is 218 Å². The summed E-state index contributed by atoms with van der Waals surface area (Å²) in [5.74, 6) is 0. The summed E-state index contributed by atoms with van der Waals surface area (Å²) in [5.41, 5.74) is 3.15. The molecule has 1 aromatic carbocycles. The van der Waals surface area contributed by atoms with Crippen LogP contribution in [-0.4, -0.2) is 76.7 Å². The SMILES string of the molecule is Cc1ccc([C@H](C)Nc2cc(Cl)nc3c2cnn3[C@@H]2O[C@H](COC(C)(CO)P(=O)(O)O)[C@@H](O)[C@H]2O)cc1. The number of anilines is 1. The van der Waals surface area contributed by atoms with E-state index in [9.17, 15) is 29.7 Å². The summed E-state index contributed by atoms with van der Waals surface area (Å²) < 4.78 is 24.0. The fourth-order valence-corrected chi connectivity index (χ4v) is 4.63. The summed E-state index contributed by atoms with van der Waals surface area (Å²) in [6, 6.07) is 9.68. The average molecular weight is 557 g/mol. The van der Waals surface area contributed by atoms with E-state index in [-0.39, 0.29) is 11.2 Å². The number of aryl methyl sites for hydroxylation is 1. The molecular formula is C23H30ClN4O8P. The molecular weight excluding hydrogens is 527 g/mol. The lowest BCUT2D eigenvalue weighted by molar-refractivity contribution is -0.104. The van der Waals surface area contributed by atoms with Crippen molar-refractivity contribution in [1.82, 2.24) is 14.8 Å². The maximum absolute atomic E-state index is 11.7. The molecule has 1 saturated heterocycles. The van der Waals surface area contributed by atoms with Gasteiger partial charge in [0.2, 0.25) is 0 Å². The molecule has 4 rings (SSSR count). The first-order valence-corrected chi connectivity index (χ1v) is 13.5. The Morgan fingerprint density at radius 3 is 2.57 bits per heavy atom. The highest BCUT2D eigenvalue weighted by Gasteiger charge is 2.48. The van der Waals surface area contributed by atoms with Crippen LogP contribution < -0.4 is 5.32 Å². The van der Waals surface area contributed by atoms with Crippen LogP contribution in [0.2, 0.25) is 5.15 Å². The molecule has 0 aliphatic carbocycles. The minimum atomic E-state index is -4.84. The fourth-order valence-electron chi connectivity index (χ4n) is 4.02. The predicted octanol–water partition coefficient (Wildman–Crippen LogP) is 2.09. The van der Waals surface area contributed by atoms with Crippen molar-refractivity contribution < 1.29 is 39.1 Å². The first kappa shape index (κ1) is 27.9. The fraction of sp³-hybridized carbons (Fsp3) is 0.478. The molecule has 14 heteroatoms. The van der Waals surface area contributed by atoms with Crippen molar-refractivity contribution in [2.45, 2.75) is 56.7 Å². The van der Waals surface area contributed by atoms with Gasteiger partial charge in [-0.25, -0.2) is 9.67 Å². The van der Waals surface area contributed by atoms with Gasteiger partial charge in [-0.1, -0.05) is 41.4 Å². The largest absolute Gasteiger partial charge is 0.393 e. The second-order valence-electron chi connectivity index (χ2n) is 9.33. The van der Waals surface area contributed by atoms with E-state index in [1.807, 2.05) is 38.1 Å². The van der Waals surface area contributed by atoms with E-state index >= 15 is 0 Å². The van der Waals surface area contributed by atoms with Crippen molar-refractivity contribution in [3.05, 3.63) is 52.8 Å². The van der Waals surface area contributed by atoms with Gasteiger partial charge in [0.15, 0.2) is 17.2 Å². The van der Waals surface area contributed by atoms with Gasteiger partial charge in [0, 0.05) is 6.04 Å². The molecule has 0 amide bonds. The number of hydrogen-bond acceptors (Lipinski definition) is 9. The van der Waals surface area contributed by atoms with E-state index in [2.05, 4.69) is 15.4 Å². The molecule has 12 nitrogen and oxygen atoms in total. The average Bonchev–Trinajstić information content (AvgIpc) is 3.38. The molecule has 6 N–H and O–H groups in total. The van der Waals surface area contributed by atoms with Gasteiger partial charge < -0.3 is 39.9 Å². The van der Waals surface area contributed by atoms with E-state index in [0.717, 1.165) is 18.1 Å². The quantitative estimate of drug-likeness (QED) is 0.168. The van der Waals surface area contributed by atoms with Crippen LogP contribution in [0.1, 0.15) is 37.2 Å². The van der Waals surface area contributed by atoms with E-state index < -0.39 is 50.7 Å². The minimum Gasteiger partial charge on any atom is -0.393 e. The van der Waals surface area contributed by atoms with Gasteiger partial charge in [-0.05, 0) is 32.4 Å². The molecule has 0 bridgehead atoms. The summed E-state index contributed by atoms with van der Waals surface area (Å²) in [7, 11) is -4.84. The Hall–Kier alpha value is -2.12. The number of hydrogen-bond donors (Lipinski definition) is 6. The molecule has 202 valence electrons. The van der Waals surface area contributed by atoms with Crippen LogP contribution in [0, 0.1) is 6.92 Å². The number of pyridine rings is 1. The van der Waals surface area contributed by atoms with Crippen LogP contribution in [0.25, 0.3) is 11.0 Å². The van der Waals surface area contributed by atoms with Crippen LogP contribution in [-0.2, 0) is 14.0 Å². The van der Waals surface area contributed by atoms with Crippen LogP contribution in [0.15, 0.2) is 36.5 Å². The smallest absolute Gasteiger partial charge is 0.359 e. The number of nitrogens with one attached hydrogen (secondary N) is 1. The summed E-state index contributed by atoms with van der Waals surface area (Å²) in [6.45, 7) is 3.58. The number of aromatic nitrogens is 3. The van der Waals surface area contributed by atoms with E-state index in [0.29, 0.717) is 16.7 Å². The first-order valence-electron chi connectivity index (χ1n) is 11.5. The van der Waals surface area contributed by atoms with Crippen molar-refractivity contribution in [2.24, 2.45) is 0 Å². The second-order valence-corrected chi connectivity index (χ2v) is 11.8. The third kappa shape index (κ3) is 5.53. The minimum absolute atomic E-state index is 0.0721. The van der Waals surface area contributed by atoms with Crippen molar-refractivity contribution in [2.75, 3.05) is 18.5 Å². The molecule has 0 radical (unpaired) electrons. The van der Waals surface area contributed by atoms with Gasteiger partial charge in [0.05, 0.1) is 30.5 Å². The van der Waals surface area contributed by atoms with Crippen molar-refractivity contribution >= 4 is 35.9 Å². The standard InChI is InChI=1S/C23H30ClN4O8P/c1-12-4-6-14(7-5-12)13(2)26-16-8-18(24)27-21-15(16)9-25-28(21)22-20(31)19(30)17(36-22)10-35-23(3,11-29)37(32,33)34/h4-9,13,17,19-20,22,29-31H,10-11H2,1-3H3,(H,26,27)(H2,32,33,34)/t13-,17+,19+,20+,22+,23?/m0/s1. The summed E-state index contributed by atoms with van der Waals surface area (Å²) in [6.07, 6.45) is -3.76. The maximum Gasteiger partial charge on any atom is 0.359 e. The third-order valence-corrected chi connectivity index (χ3v) is 8.23. The Bertz CT molecular complexity index is 1300. The van der Waals surface area contributed by atoms with Crippen LogP contribution in [0.5, 0.6) is 0 Å². The van der Waals surface area contributed by atoms with Gasteiger partial charge in [-0.3, -0.25) is 4.57 Å². The van der Waals surface area contributed by atoms with Gasteiger partial charge in [0.1, 0.15) is 23.5 Å². The Balaban J connectivity index is 1.57. The molecule has 3 aromatic rings. The predicted molar refractivity (Wildman–Crippen MR) is 135 cm³/mol. The van der Waals surface area contributed by atoms with Gasteiger partial charge >= 0.3 is 7.60 Å². The zero-order chi connectivity index (χ0) is 27.1. The summed E-state index contributed by atoms with van der Waals surface area (Å²) in [4.78, 5) is 23.3. The molecule has 1 fully saturated rings. The third-order valence-electron chi connectivity index (χ3n) is 6.53. The number of halogens is 1. The van der Waals surface area contributed by atoms with Gasteiger partial charge in [-0.2, -0.15) is 5.10 Å². The zero-order valence-electron chi connectivity index (χ0n) is 20.4. The Morgan fingerprint density at radius 1 is 1.27 bits per heavy atom. The van der Waals surface area contributed by atoms with Crippen LogP contribution in [0.4, 0.5) is 5.69 Å². The first-order chi connectivity index (χ1) is 17.3. The summed E-state index contributed by atoms with van der Waals surface area (Å²) in [5, 5.41) is 36.9. The van der Waals surface area contributed by atoms with Crippen LogP contribution >= 0.6 is 19.2 Å². The topological polar surface area (TPSA) is 179 Å². The lowest BCUT2D eigenvalue weighted by atomic mass is 10.1. The molecule has 0 spiro atoms. The Morgan fingerprint density at radius 2 is 1.95 bits per heavy atom. The number of benzene rings is 1. The van der Waals surface area contributed by atoms with E-state index in [4.69, 9.17) is 21.1 Å². The number of aliphatic hydroxyl groups is 3. The molecule has 6 atom stereocenters. The van der Waals surface area contributed by atoms with Crippen molar-refractivity contribution in [3.8, 4) is 0 Å². The Kier molecular flexibility index (Phi) is 7.97. The number of nitrogens with zero attached hydrogens (tertiary/aromatic N) is 3. The van der Waals surface area contributed by atoms with Crippen molar-refractivity contribution in [3.63, 3.8) is 0 Å². The zero-order valence-corrected chi connectivity index (χ0v) is 22.0. The molecule has 37 heavy (non-hydrogen) atoms. The molecule has 2 aromatic heterocycles.